The van der Waals surface area contributed by atoms with Crippen molar-refractivity contribution in [3.8, 4) is 0 Å². The number of nitrogens with two attached hydrogens (primary N) is 1. The summed E-state index contributed by atoms with van der Waals surface area (Å²) in [6.07, 6.45) is 3.51. The second-order valence-corrected chi connectivity index (χ2v) is 3.04. The molecule has 0 aromatic carbocycles. The van der Waals surface area contributed by atoms with Crippen LogP contribution in [0.3, 0.4) is 0 Å². The topological polar surface area (TPSA) is 70.7 Å². The second-order valence-electron chi connectivity index (χ2n) is 3.04. The molecule has 1 atom stereocenters. The fourth-order valence-electron chi connectivity index (χ4n) is 0.995. The van der Waals surface area contributed by atoms with E-state index in [1.165, 1.54) is 5.12 Å². The molecular formula is C8H20N4O. The van der Waals surface area contributed by atoms with E-state index in [4.69, 9.17) is 5.73 Å². The molecular weight excluding hydrogens is 168 g/mol. The third-order valence-corrected chi connectivity index (χ3v) is 1.79. The Morgan fingerprint density at radius 2 is 2.15 bits per heavy atom. The Morgan fingerprint density at radius 3 is 2.62 bits per heavy atom. The molecule has 0 aliphatic heterocycles. The third-order valence-electron chi connectivity index (χ3n) is 1.79. The largest absolute Gasteiger partial charge is 0.309 e. The van der Waals surface area contributed by atoms with Gasteiger partial charge in [0.25, 0.3) is 0 Å². The summed E-state index contributed by atoms with van der Waals surface area (Å²) in [6.45, 7) is 4.86. The molecule has 0 aromatic heterocycles. The van der Waals surface area contributed by atoms with Crippen molar-refractivity contribution in [3.63, 3.8) is 0 Å². The monoisotopic (exact) mass is 188 g/mol. The number of hydrogen-bond acceptors (Lipinski definition) is 4. The molecule has 0 aromatic rings. The van der Waals surface area contributed by atoms with E-state index in [1.807, 2.05) is 6.92 Å². The first-order valence-corrected chi connectivity index (χ1v) is 4.87. The average molecular weight is 188 g/mol. The normalized spacial score (nSPS) is 12.5. The number of rotatable bonds is 8. The van der Waals surface area contributed by atoms with Gasteiger partial charge in [-0.3, -0.25) is 0 Å². The first-order valence-electron chi connectivity index (χ1n) is 4.87. The van der Waals surface area contributed by atoms with Gasteiger partial charge in [0.15, 0.2) is 0 Å². The summed E-state index contributed by atoms with van der Waals surface area (Å²) in [4.78, 5) is 10.3. The van der Waals surface area contributed by atoms with E-state index in [2.05, 4.69) is 17.6 Å². The standard InChI is InChI=1S/C8H20N4O/c1-3-5-7-10-12(11-13)8(9)6-4-2/h8,10H,3-7,9H2,1-2H3. The molecule has 5 heteroatoms. The van der Waals surface area contributed by atoms with E-state index in [0.717, 1.165) is 32.2 Å². The molecule has 0 rings (SSSR count). The maximum Gasteiger partial charge on any atom is 0.115 e. The van der Waals surface area contributed by atoms with Crippen LogP contribution in [-0.4, -0.2) is 17.8 Å². The first kappa shape index (κ1) is 12.3. The van der Waals surface area contributed by atoms with Gasteiger partial charge in [0, 0.05) is 6.54 Å². The first-order chi connectivity index (χ1) is 6.26. The Labute approximate surface area is 79.6 Å². The highest BCUT2D eigenvalue weighted by Gasteiger charge is 2.10. The summed E-state index contributed by atoms with van der Waals surface area (Å²) < 4.78 is 0. The number of hydrogen-bond donors (Lipinski definition) is 2. The van der Waals surface area contributed by atoms with E-state index in [1.54, 1.807) is 0 Å². The van der Waals surface area contributed by atoms with Gasteiger partial charge in [-0.25, -0.2) is 5.43 Å². The highest BCUT2D eigenvalue weighted by atomic mass is 16.3. The molecule has 0 radical (unpaired) electrons. The van der Waals surface area contributed by atoms with Crippen molar-refractivity contribution in [1.29, 1.82) is 0 Å². The number of nitrogens with zero attached hydrogens (tertiary/aromatic N) is 2. The van der Waals surface area contributed by atoms with Gasteiger partial charge in [-0.1, -0.05) is 26.7 Å². The average Bonchev–Trinajstić information content (AvgIpc) is 2.13. The van der Waals surface area contributed by atoms with Crippen LogP contribution in [0.25, 0.3) is 0 Å². The second kappa shape index (κ2) is 7.94. The molecule has 5 nitrogen and oxygen atoms in total. The Morgan fingerprint density at radius 1 is 1.46 bits per heavy atom. The van der Waals surface area contributed by atoms with Crippen molar-refractivity contribution >= 4 is 0 Å². The highest BCUT2D eigenvalue weighted by Crippen LogP contribution is 1.98. The maximum atomic E-state index is 10.3. The van der Waals surface area contributed by atoms with Crippen LogP contribution in [0.5, 0.6) is 0 Å². The lowest BCUT2D eigenvalue weighted by atomic mass is 10.3. The third kappa shape index (κ3) is 5.54. The minimum absolute atomic E-state index is 0.306. The Balaban J connectivity index is 3.66. The van der Waals surface area contributed by atoms with Crippen LogP contribution in [0.1, 0.15) is 39.5 Å². The zero-order valence-electron chi connectivity index (χ0n) is 8.49. The predicted octanol–water partition coefficient (Wildman–Crippen LogP) is 1.36. The van der Waals surface area contributed by atoms with Crippen LogP contribution in [0.2, 0.25) is 0 Å². The fraction of sp³-hybridized carbons (Fsp3) is 1.00. The van der Waals surface area contributed by atoms with E-state index in [9.17, 15) is 4.91 Å². The zero-order valence-corrected chi connectivity index (χ0v) is 8.49. The summed E-state index contributed by atoms with van der Waals surface area (Å²) in [5.74, 6) is 0. The quantitative estimate of drug-likeness (QED) is 0.261. The van der Waals surface area contributed by atoms with Gasteiger partial charge < -0.3 is 5.73 Å². The molecule has 78 valence electrons. The van der Waals surface area contributed by atoms with Crippen molar-refractivity contribution in [2.75, 3.05) is 6.54 Å². The molecule has 0 fully saturated rings. The van der Waals surface area contributed by atoms with Crippen LogP contribution in [0, 0.1) is 4.91 Å². The Kier molecular flexibility index (Phi) is 7.53. The molecule has 0 saturated carbocycles. The number of unbranched alkanes of at least 4 members (excludes halogenated alkanes) is 1. The summed E-state index contributed by atoms with van der Waals surface area (Å²) in [5, 5.41) is 4.03. The SMILES string of the molecule is CCCCNN(N=O)C(N)CCC. The van der Waals surface area contributed by atoms with Gasteiger partial charge in [-0.2, -0.15) is 5.12 Å². The van der Waals surface area contributed by atoms with Crippen LogP contribution < -0.4 is 11.2 Å². The lowest BCUT2D eigenvalue weighted by Crippen LogP contribution is -2.46. The summed E-state index contributed by atoms with van der Waals surface area (Å²) in [7, 11) is 0. The lowest BCUT2D eigenvalue weighted by Gasteiger charge is -2.22. The van der Waals surface area contributed by atoms with Gasteiger partial charge in [-0.05, 0) is 12.8 Å². The van der Waals surface area contributed by atoms with Crippen LogP contribution in [-0.2, 0) is 0 Å². The molecule has 13 heavy (non-hydrogen) atoms. The van der Waals surface area contributed by atoms with E-state index in [-0.39, 0.29) is 6.17 Å². The minimum Gasteiger partial charge on any atom is -0.309 e. The zero-order chi connectivity index (χ0) is 10.1. The molecule has 0 aliphatic rings. The van der Waals surface area contributed by atoms with Crippen molar-refractivity contribution in [1.82, 2.24) is 10.5 Å². The molecule has 0 spiro atoms. The molecule has 0 bridgehead atoms. The molecule has 0 aliphatic carbocycles. The maximum absolute atomic E-state index is 10.3. The van der Waals surface area contributed by atoms with Gasteiger partial charge in [-0.15, -0.1) is 4.91 Å². The van der Waals surface area contributed by atoms with Crippen LogP contribution >= 0.6 is 0 Å². The minimum atomic E-state index is -0.306. The van der Waals surface area contributed by atoms with Crippen molar-refractivity contribution in [2.24, 2.45) is 11.0 Å². The summed E-state index contributed by atoms with van der Waals surface area (Å²) in [6, 6.07) is 0. The van der Waals surface area contributed by atoms with E-state index >= 15 is 0 Å². The van der Waals surface area contributed by atoms with Gasteiger partial charge in [0.1, 0.15) is 6.17 Å². The Hall–Kier alpha value is -0.680. The van der Waals surface area contributed by atoms with Gasteiger partial charge in [0.2, 0.25) is 0 Å². The molecule has 1 unspecified atom stereocenters. The summed E-state index contributed by atoms with van der Waals surface area (Å²) >= 11 is 0. The number of nitrogens with one attached hydrogen (secondary N) is 1. The molecule has 3 N–H and O–H groups in total. The predicted molar refractivity (Wildman–Crippen MR) is 53.4 cm³/mol. The van der Waals surface area contributed by atoms with Crippen LogP contribution in [0.15, 0.2) is 5.29 Å². The van der Waals surface area contributed by atoms with E-state index < -0.39 is 0 Å². The fourth-order valence-corrected chi connectivity index (χ4v) is 0.995. The van der Waals surface area contributed by atoms with Crippen molar-refractivity contribution < 1.29 is 0 Å². The van der Waals surface area contributed by atoms with Gasteiger partial charge >= 0.3 is 0 Å². The Bertz CT molecular complexity index is 131. The molecule has 0 saturated heterocycles. The van der Waals surface area contributed by atoms with E-state index in [0.29, 0.717) is 0 Å². The number of hydrazine groups is 1. The smallest absolute Gasteiger partial charge is 0.115 e. The highest BCUT2D eigenvalue weighted by molar-refractivity contribution is 4.57. The van der Waals surface area contributed by atoms with Crippen molar-refractivity contribution in [3.05, 3.63) is 4.91 Å². The van der Waals surface area contributed by atoms with Gasteiger partial charge in [0.05, 0.1) is 5.29 Å². The number of nitroso groups, excluding NO2 is 1. The molecule has 0 amide bonds. The summed E-state index contributed by atoms with van der Waals surface area (Å²) in [5.41, 5.74) is 8.57. The van der Waals surface area contributed by atoms with Crippen LogP contribution in [0.4, 0.5) is 0 Å². The van der Waals surface area contributed by atoms with Crippen molar-refractivity contribution in [2.45, 2.75) is 45.7 Å². The molecule has 0 heterocycles. The lowest BCUT2D eigenvalue weighted by molar-refractivity contribution is 0.121.